The van der Waals surface area contributed by atoms with Crippen molar-refractivity contribution in [2.24, 2.45) is 0 Å². The van der Waals surface area contributed by atoms with Crippen molar-refractivity contribution < 1.29 is 28.7 Å². The highest BCUT2D eigenvalue weighted by Crippen LogP contribution is 2.22. The highest BCUT2D eigenvalue weighted by atomic mass is 32.2. The number of likely N-dealkylation sites (N-methyl/N-ethyl adjacent to an activating group) is 1. The van der Waals surface area contributed by atoms with Crippen LogP contribution in [0, 0.1) is 11.3 Å². The standard InChI is InChI=1S/C24H29N5O6S/c1-14(30)29-8-4-5-20(29)22(32)26-18-11-35-24(34)17-9-15(10-25)6-7-16(17)12-36-13-19(27-21(18)31)23(33)28(2)3/h6-7,9,18-20H,4-5,8,11-13H2,1-3H3,(H,26,32)(H,27,31)/t18-,19-,20+/m1/s1. The van der Waals surface area contributed by atoms with E-state index in [1.54, 1.807) is 26.2 Å². The van der Waals surface area contributed by atoms with Crippen LogP contribution in [-0.4, -0.2) is 90.5 Å². The second-order valence-electron chi connectivity index (χ2n) is 8.82. The number of ether oxygens (including phenoxy) is 1. The molecule has 2 N–H and O–H groups in total. The second-order valence-corrected chi connectivity index (χ2v) is 9.85. The largest absolute Gasteiger partial charge is 0.459 e. The molecule has 3 rings (SSSR count). The van der Waals surface area contributed by atoms with Crippen LogP contribution < -0.4 is 10.6 Å². The van der Waals surface area contributed by atoms with E-state index in [0.29, 0.717) is 30.7 Å². The Balaban J connectivity index is 1.89. The van der Waals surface area contributed by atoms with Crippen LogP contribution in [0.1, 0.15) is 41.3 Å². The molecule has 1 aromatic rings. The van der Waals surface area contributed by atoms with Gasteiger partial charge in [-0.1, -0.05) is 6.07 Å². The van der Waals surface area contributed by atoms with Crippen LogP contribution >= 0.6 is 11.8 Å². The summed E-state index contributed by atoms with van der Waals surface area (Å²) in [5, 5.41) is 14.5. The Morgan fingerprint density at radius 1 is 1.28 bits per heavy atom. The lowest BCUT2D eigenvalue weighted by molar-refractivity contribution is -0.139. The van der Waals surface area contributed by atoms with Crippen LogP contribution in [0.3, 0.4) is 0 Å². The Kier molecular flexibility index (Phi) is 8.93. The Hall–Kier alpha value is -3.59. The lowest BCUT2D eigenvalue weighted by Crippen LogP contribution is -2.58. The van der Waals surface area contributed by atoms with Crippen molar-refractivity contribution in [3.05, 3.63) is 34.9 Å². The lowest BCUT2D eigenvalue weighted by atomic mass is 10.1. The van der Waals surface area contributed by atoms with Gasteiger partial charge in [-0.15, -0.1) is 0 Å². The number of rotatable bonds is 3. The van der Waals surface area contributed by atoms with Gasteiger partial charge in [-0.05, 0) is 30.5 Å². The minimum absolute atomic E-state index is 0.182. The third-order valence-corrected chi connectivity index (χ3v) is 7.11. The molecule has 0 aromatic heterocycles. The van der Waals surface area contributed by atoms with E-state index < -0.39 is 42.5 Å². The monoisotopic (exact) mass is 515 g/mol. The van der Waals surface area contributed by atoms with Gasteiger partial charge in [0.25, 0.3) is 0 Å². The van der Waals surface area contributed by atoms with Crippen LogP contribution in [0.2, 0.25) is 0 Å². The van der Waals surface area contributed by atoms with Crippen molar-refractivity contribution in [1.82, 2.24) is 20.4 Å². The molecule has 1 saturated heterocycles. The third kappa shape index (κ3) is 6.34. The first kappa shape index (κ1) is 27.0. The summed E-state index contributed by atoms with van der Waals surface area (Å²) in [6, 6.07) is 3.75. The molecule has 2 aliphatic heterocycles. The summed E-state index contributed by atoms with van der Waals surface area (Å²) in [7, 11) is 3.15. The maximum Gasteiger partial charge on any atom is 0.338 e. The van der Waals surface area contributed by atoms with Gasteiger partial charge in [0.1, 0.15) is 24.7 Å². The number of thioether (sulfide) groups is 1. The molecule has 0 spiro atoms. The lowest BCUT2D eigenvalue weighted by Gasteiger charge is -2.28. The van der Waals surface area contributed by atoms with E-state index in [-0.39, 0.29) is 28.7 Å². The molecule has 0 unspecified atom stereocenters. The average molecular weight is 516 g/mol. The van der Waals surface area contributed by atoms with Gasteiger partial charge in [-0.25, -0.2) is 4.79 Å². The molecule has 2 aliphatic rings. The Bertz CT molecular complexity index is 1100. The number of cyclic esters (lactones) is 1. The number of carbonyl (C=O) groups excluding carboxylic acids is 5. The normalized spacial score (nSPS) is 22.6. The second kappa shape index (κ2) is 11.9. The fourth-order valence-corrected chi connectivity index (χ4v) is 5.16. The predicted molar refractivity (Wildman–Crippen MR) is 131 cm³/mol. The number of carbonyl (C=O) groups is 5. The summed E-state index contributed by atoms with van der Waals surface area (Å²) in [5.41, 5.74) is 1.08. The number of fused-ring (bicyclic) bond motifs is 1. The summed E-state index contributed by atoms with van der Waals surface area (Å²) in [6.07, 6.45) is 1.10. The maximum atomic E-state index is 13.2. The highest BCUT2D eigenvalue weighted by Gasteiger charge is 2.36. The first-order valence-corrected chi connectivity index (χ1v) is 12.6. The van der Waals surface area contributed by atoms with Gasteiger partial charge in [0.05, 0.1) is 17.2 Å². The summed E-state index contributed by atoms with van der Waals surface area (Å²) >= 11 is 1.34. The van der Waals surface area contributed by atoms with E-state index >= 15 is 0 Å². The topological polar surface area (TPSA) is 149 Å². The highest BCUT2D eigenvalue weighted by molar-refractivity contribution is 7.98. The van der Waals surface area contributed by atoms with Gasteiger partial charge in [0, 0.05) is 39.1 Å². The summed E-state index contributed by atoms with van der Waals surface area (Å²) in [5.74, 6) is -1.96. The Labute approximate surface area is 213 Å². The fourth-order valence-electron chi connectivity index (χ4n) is 4.11. The van der Waals surface area contributed by atoms with E-state index in [4.69, 9.17) is 4.74 Å². The van der Waals surface area contributed by atoms with Crippen LogP contribution in [0.25, 0.3) is 0 Å². The minimum Gasteiger partial charge on any atom is -0.459 e. The first-order valence-electron chi connectivity index (χ1n) is 11.5. The van der Waals surface area contributed by atoms with E-state index in [2.05, 4.69) is 10.6 Å². The van der Waals surface area contributed by atoms with Crippen molar-refractivity contribution in [2.75, 3.05) is 33.0 Å². The minimum atomic E-state index is -1.29. The Morgan fingerprint density at radius 3 is 2.69 bits per heavy atom. The van der Waals surface area contributed by atoms with E-state index in [0.717, 1.165) is 0 Å². The van der Waals surface area contributed by atoms with Gasteiger partial charge in [-0.3, -0.25) is 19.2 Å². The number of nitrogens with zero attached hydrogens (tertiary/aromatic N) is 3. The molecule has 36 heavy (non-hydrogen) atoms. The summed E-state index contributed by atoms with van der Waals surface area (Å²) < 4.78 is 5.40. The van der Waals surface area contributed by atoms with Crippen molar-refractivity contribution in [3.63, 3.8) is 0 Å². The van der Waals surface area contributed by atoms with Gasteiger partial charge in [-0.2, -0.15) is 17.0 Å². The van der Waals surface area contributed by atoms with Gasteiger partial charge >= 0.3 is 5.97 Å². The third-order valence-electron chi connectivity index (χ3n) is 6.03. The van der Waals surface area contributed by atoms with Crippen LogP contribution in [-0.2, 0) is 29.7 Å². The summed E-state index contributed by atoms with van der Waals surface area (Å²) in [4.78, 5) is 66.5. The predicted octanol–water partition coefficient (Wildman–Crippen LogP) is 0.0306. The first-order chi connectivity index (χ1) is 17.1. The molecule has 2 heterocycles. The molecule has 12 heteroatoms. The van der Waals surface area contributed by atoms with Gasteiger partial charge in [0.15, 0.2) is 0 Å². The molecular formula is C24H29N5O6S. The zero-order valence-electron chi connectivity index (χ0n) is 20.4. The average Bonchev–Trinajstić information content (AvgIpc) is 3.35. The SMILES string of the molecule is CC(=O)N1CCC[C@H]1C(=O)N[C@@H]1COC(=O)c2cc(C#N)ccc2CSC[C@H](C(=O)N(C)C)NC1=O. The van der Waals surface area contributed by atoms with Crippen molar-refractivity contribution in [2.45, 2.75) is 43.6 Å². The molecule has 0 aliphatic carbocycles. The molecule has 4 amide bonds. The summed E-state index contributed by atoms with van der Waals surface area (Å²) in [6.45, 7) is 1.32. The molecule has 0 bridgehead atoms. The van der Waals surface area contributed by atoms with Gasteiger partial charge in [0.2, 0.25) is 23.6 Å². The molecule has 11 nitrogen and oxygen atoms in total. The number of esters is 1. The zero-order valence-corrected chi connectivity index (χ0v) is 21.2. The molecular weight excluding hydrogens is 486 g/mol. The Morgan fingerprint density at radius 2 is 2.03 bits per heavy atom. The molecule has 3 atom stereocenters. The zero-order chi connectivity index (χ0) is 26.4. The van der Waals surface area contributed by atoms with Crippen molar-refractivity contribution in [1.29, 1.82) is 5.26 Å². The molecule has 0 saturated carbocycles. The van der Waals surface area contributed by atoms with Gasteiger partial charge < -0.3 is 25.2 Å². The number of likely N-dealkylation sites (tertiary alicyclic amines) is 1. The quantitative estimate of drug-likeness (QED) is 0.536. The fraction of sp³-hybridized carbons (Fsp3) is 0.500. The van der Waals surface area contributed by atoms with E-state index in [1.807, 2.05) is 6.07 Å². The number of amides is 4. The number of nitrogens with one attached hydrogen (secondary N) is 2. The molecule has 1 aromatic carbocycles. The maximum absolute atomic E-state index is 13.2. The molecule has 0 radical (unpaired) electrons. The molecule has 192 valence electrons. The van der Waals surface area contributed by atoms with Crippen molar-refractivity contribution >= 4 is 41.4 Å². The van der Waals surface area contributed by atoms with Crippen molar-refractivity contribution in [3.8, 4) is 6.07 Å². The molecule has 1 fully saturated rings. The number of benzene rings is 1. The van der Waals surface area contributed by atoms with E-state index in [1.165, 1.54) is 34.6 Å². The number of hydrogen-bond donors (Lipinski definition) is 2. The number of nitriles is 1. The van der Waals surface area contributed by atoms with E-state index in [9.17, 15) is 29.2 Å². The number of hydrogen-bond acceptors (Lipinski definition) is 8. The van der Waals surface area contributed by atoms with Crippen LogP contribution in [0.15, 0.2) is 18.2 Å². The smallest absolute Gasteiger partial charge is 0.338 e. The van der Waals surface area contributed by atoms with Crippen LogP contribution in [0.5, 0.6) is 0 Å². The van der Waals surface area contributed by atoms with Crippen LogP contribution in [0.4, 0.5) is 0 Å².